The molecular formula is C18H22N2O5S. The summed E-state index contributed by atoms with van der Waals surface area (Å²) in [7, 11) is -3.64. The van der Waals surface area contributed by atoms with Crippen molar-refractivity contribution in [3.05, 3.63) is 53.5 Å². The molecule has 1 N–H and O–H groups in total. The van der Waals surface area contributed by atoms with E-state index in [1.807, 2.05) is 19.9 Å². The Kier molecular flexibility index (Phi) is 5.45. The lowest BCUT2D eigenvalue weighted by molar-refractivity contribution is 0.0730. The predicted octanol–water partition coefficient (Wildman–Crippen LogP) is 2.10. The van der Waals surface area contributed by atoms with Crippen molar-refractivity contribution >= 4 is 15.9 Å². The lowest BCUT2D eigenvalue weighted by Gasteiger charge is -2.26. The van der Waals surface area contributed by atoms with E-state index in [0.29, 0.717) is 32.1 Å². The lowest BCUT2D eigenvalue weighted by Crippen LogP contribution is -2.40. The molecule has 0 radical (unpaired) electrons. The van der Waals surface area contributed by atoms with Crippen molar-refractivity contribution < 1.29 is 22.4 Å². The highest BCUT2D eigenvalue weighted by atomic mass is 32.2. The number of ether oxygens (including phenoxy) is 1. The van der Waals surface area contributed by atoms with Crippen molar-refractivity contribution in [3.63, 3.8) is 0 Å². The third kappa shape index (κ3) is 3.98. The molecule has 1 amide bonds. The number of nitrogens with zero attached hydrogens (tertiary/aromatic N) is 1. The SMILES string of the molecule is Cc1ccc(C(C)NC(=O)c2cccc(S(=O)(=O)N3CCOCC3)c2)o1. The molecule has 1 aromatic carbocycles. The maximum Gasteiger partial charge on any atom is 0.251 e. The van der Waals surface area contributed by atoms with Gasteiger partial charge in [0.05, 0.1) is 24.2 Å². The molecule has 1 unspecified atom stereocenters. The molecule has 8 heteroatoms. The summed E-state index contributed by atoms with van der Waals surface area (Å²) in [6, 6.07) is 9.38. The number of rotatable bonds is 5. The Bertz CT molecular complexity index is 884. The molecule has 1 aliphatic rings. The third-order valence-electron chi connectivity index (χ3n) is 4.24. The van der Waals surface area contributed by atoms with Crippen LogP contribution in [-0.2, 0) is 14.8 Å². The van der Waals surface area contributed by atoms with Gasteiger partial charge < -0.3 is 14.5 Å². The third-order valence-corrected chi connectivity index (χ3v) is 6.13. The first-order valence-corrected chi connectivity index (χ1v) is 9.87. The number of amides is 1. The largest absolute Gasteiger partial charge is 0.464 e. The Morgan fingerprint density at radius 3 is 2.58 bits per heavy atom. The zero-order valence-corrected chi connectivity index (χ0v) is 15.6. The van der Waals surface area contributed by atoms with Gasteiger partial charge in [-0.2, -0.15) is 4.31 Å². The van der Waals surface area contributed by atoms with Gasteiger partial charge in [0.2, 0.25) is 10.0 Å². The highest BCUT2D eigenvalue weighted by Gasteiger charge is 2.27. The fraction of sp³-hybridized carbons (Fsp3) is 0.389. The molecule has 1 atom stereocenters. The Hall–Kier alpha value is -2.16. The number of furan rings is 1. The molecule has 1 aromatic heterocycles. The van der Waals surface area contributed by atoms with Gasteiger partial charge in [0.15, 0.2) is 0 Å². The van der Waals surface area contributed by atoms with Crippen LogP contribution in [0, 0.1) is 6.92 Å². The Labute approximate surface area is 153 Å². The van der Waals surface area contributed by atoms with Crippen LogP contribution in [0.15, 0.2) is 45.7 Å². The maximum absolute atomic E-state index is 12.7. The van der Waals surface area contributed by atoms with Crippen molar-refractivity contribution in [2.45, 2.75) is 24.8 Å². The van der Waals surface area contributed by atoms with Crippen molar-refractivity contribution in [3.8, 4) is 0 Å². The van der Waals surface area contributed by atoms with E-state index in [-0.39, 0.29) is 22.4 Å². The fourth-order valence-electron chi connectivity index (χ4n) is 2.77. The Morgan fingerprint density at radius 2 is 1.92 bits per heavy atom. The zero-order chi connectivity index (χ0) is 18.7. The van der Waals surface area contributed by atoms with Gasteiger partial charge in [-0.1, -0.05) is 6.07 Å². The quantitative estimate of drug-likeness (QED) is 0.861. The van der Waals surface area contributed by atoms with Gasteiger partial charge in [-0.3, -0.25) is 4.79 Å². The highest BCUT2D eigenvalue weighted by Crippen LogP contribution is 2.20. The van der Waals surface area contributed by atoms with Crippen LogP contribution in [-0.4, -0.2) is 44.9 Å². The summed E-state index contributed by atoms with van der Waals surface area (Å²) in [5.74, 6) is 1.05. The second kappa shape index (κ2) is 7.61. The van der Waals surface area contributed by atoms with Gasteiger partial charge in [-0.05, 0) is 44.2 Å². The number of aryl methyl sites for hydroxylation is 1. The molecule has 140 valence electrons. The van der Waals surface area contributed by atoms with E-state index in [2.05, 4.69) is 5.32 Å². The first-order chi connectivity index (χ1) is 12.4. The van der Waals surface area contributed by atoms with E-state index in [9.17, 15) is 13.2 Å². The first-order valence-electron chi connectivity index (χ1n) is 8.43. The number of sulfonamides is 1. The normalized spacial score (nSPS) is 17.0. The number of nitrogens with one attached hydrogen (secondary N) is 1. The fourth-order valence-corrected chi connectivity index (χ4v) is 4.23. The molecule has 7 nitrogen and oxygen atoms in total. The van der Waals surface area contributed by atoms with E-state index < -0.39 is 10.0 Å². The molecular weight excluding hydrogens is 356 g/mol. The number of hydrogen-bond donors (Lipinski definition) is 1. The number of hydrogen-bond acceptors (Lipinski definition) is 5. The number of carbonyl (C=O) groups excluding carboxylic acids is 1. The van der Waals surface area contributed by atoms with Gasteiger partial charge in [-0.15, -0.1) is 0 Å². The van der Waals surface area contributed by atoms with E-state index >= 15 is 0 Å². The van der Waals surface area contributed by atoms with Crippen LogP contribution in [0.1, 0.15) is 34.8 Å². The monoisotopic (exact) mass is 378 g/mol. The van der Waals surface area contributed by atoms with Crippen LogP contribution in [0.5, 0.6) is 0 Å². The minimum atomic E-state index is -3.64. The van der Waals surface area contributed by atoms with Crippen LogP contribution in [0.25, 0.3) is 0 Å². The van der Waals surface area contributed by atoms with Crippen LogP contribution in [0.3, 0.4) is 0 Å². The topological polar surface area (TPSA) is 88.9 Å². The summed E-state index contributed by atoms with van der Waals surface area (Å²) in [6.07, 6.45) is 0. The molecule has 0 aliphatic carbocycles. The van der Waals surface area contributed by atoms with E-state index in [4.69, 9.17) is 9.15 Å². The summed E-state index contributed by atoms with van der Waals surface area (Å²) in [5.41, 5.74) is 0.287. The molecule has 0 saturated carbocycles. The second-order valence-electron chi connectivity index (χ2n) is 6.19. The lowest BCUT2D eigenvalue weighted by atomic mass is 10.2. The number of carbonyl (C=O) groups is 1. The van der Waals surface area contributed by atoms with Crippen molar-refractivity contribution in [1.29, 1.82) is 0 Å². The van der Waals surface area contributed by atoms with Gasteiger partial charge in [0.25, 0.3) is 5.91 Å². The van der Waals surface area contributed by atoms with Crippen LogP contribution in [0.2, 0.25) is 0 Å². The first kappa shape index (κ1) is 18.6. The van der Waals surface area contributed by atoms with Gasteiger partial charge in [0.1, 0.15) is 11.5 Å². The van der Waals surface area contributed by atoms with Gasteiger partial charge in [-0.25, -0.2) is 8.42 Å². The van der Waals surface area contributed by atoms with Gasteiger partial charge >= 0.3 is 0 Å². The number of benzene rings is 1. The summed E-state index contributed by atoms with van der Waals surface area (Å²) in [5, 5.41) is 2.82. The molecule has 0 spiro atoms. The predicted molar refractivity (Wildman–Crippen MR) is 95.3 cm³/mol. The zero-order valence-electron chi connectivity index (χ0n) is 14.8. The molecule has 1 fully saturated rings. The second-order valence-corrected chi connectivity index (χ2v) is 8.13. The van der Waals surface area contributed by atoms with E-state index in [0.717, 1.165) is 5.76 Å². The molecule has 0 bridgehead atoms. The average Bonchev–Trinajstić information content (AvgIpc) is 3.09. The van der Waals surface area contributed by atoms with Crippen molar-refractivity contribution in [2.24, 2.45) is 0 Å². The standard InChI is InChI=1S/C18H22N2O5S/c1-13-6-7-17(25-13)14(2)19-18(21)15-4-3-5-16(12-15)26(22,23)20-8-10-24-11-9-20/h3-7,12,14H,8-11H2,1-2H3,(H,19,21). The molecule has 2 heterocycles. The summed E-state index contributed by atoms with van der Waals surface area (Å²) < 4.78 is 37.6. The molecule has 1 aliphatic heterocycles. The van der Waals surface area contributed by atoms with Gasteiger partial charge in [0, 0.05) is 18.7 Å². The van der Waals surface area contributed by atoms with Crippen LogP contribution >= 0.6 is 0 Å². The smallest absolute Gasteiger partial charge is 0.251 e. The minimum absolute atomic E-state index is 0.105. The Morgan fingerprint density at radius 1 is 1.19 bits per heavy atom. The molecule has 3 rings (SSSR count). The summed E-state index contributed by atoms with van der Waals surface area (Å²) in [4.78, 5) is 12.6. The molecule has 26 heavy (non-hydrogen) atoms. The average molecular weight is 378 g/mol. The van der Waals surface area contributed by atoms with E-state index in [1.165, 1.54) is 16.4 Å². The van der Waals surface area contributed by atoms with Crippen LogP contribution < -0.4 is 5.32 Å². The number of morpholine rings is 1. The van der Waals surface area contributed by atoms with Crippen LogP contribution in [0.4, 0.5) is 0 Å². The summed E-state index contributed by atoms with van der Waals surface area (Å²) >= 11 is 0. The minimum Gasteiger partial charge on any atom is -0.464 e. The van der Waals surface area contributed by atoms with Crippen molar-refractivity contribution in [1.82, 2.24) is 9.62 Å². The molecule has 2 aromatic rings. The summed E-state index contributed by atoms with van der Waals surface area (Å²) in [6.45, 7) is 5.02. The maximum atomic E-state index is 12.7. The molecule has 1 saturated heterocycles. The van der Waals surface area contributed by atoms with Crippen molar-refractivity contribution in [2.75, 3.05) is 26.3 Å². The highest BCUT2D eigenvalue weighted by molar-refractivity contribution is 7.89. The Balaban J connectivity index is 1.77. The van der Waals surface area contributed by atoms with E-state index in [1.54, 1.807) is 18.2 Å².